The summed E-state index contributed by atoms with van der Waals surface area (Å²) in [6, 6.07) is 1.78. The Bertz CT molecular complexity index is 393. The molecule has 80 valence electrons. The van der Waals surface area contributed by atoms with Crippen LogP contribution >= 0.6 is 0 Å². The highest BCUT2D eigenvalue weighted by molar-refractivity contribution is 5.87. The normalized spacial score (nSPS) is 14.5. The van der Waals surface area contributed by atoms with Gasteiger partial charge in [-0.1, -0.05) is 6.08 Å². The molecule has 0 aromatic carbocycles. The van der Waals surface area contributed by atoms with E-state index in [1.165, 1.54) is 0 Å². The monoisotopic (exact) mass is 206 g/mol. The zero-order chi connectivity index (χ0) is 10.7. The minimum absolute atomic E-state index is 0.341. The van der Waals surface area contributed by atoms with Crippen LogP contribution in [0, 0.1) is 0 Å². The first-order valence-electron chi connectivity index (χ1n) is 5.23. The van der Waals surface area contributed by atoms with E-state index in [-0.39, 0.29) is 5.97 Å². The highest BCUT2D eigenvalue weighted by atomic mass is 16.5. The van der Waals surface area contributed by atoms with Gasteiger partial charge >= 0.3 is 5.97 Å². The number of aromatic nitrogens is 2. The Hall–Kier alpha value is -1.58. The maximum atomic E-state index is 11.4. The van der Waals surface area contributed by atoms with Crippen molar-refractivity contribution in [1.29, 1.82) is 0 Å². The molecule has 15 heavy (non-hydrogen) atoms. The van der Waals surface area contributed by atoms with E-state index >= 15 is 0 Å². The number of hydrogen-bond donors (Lipinski definition) is 0. The number of hydrogen-bond acceptors (Lipinski definition) is 3. The van der Waals surface area contributed by atoms with Gasteiger partial charge in [-0.25, -0.2) is 4.79 Å². The van der Waals surface area contributed by atoms with Crippen molar-refractivity contribution < 1.29 is 9.53 Å². The quantitative estimate of drug-likeness (QED) is 0.694. The number of carbonyl (C=O) groups is 1. The van der Waals surface area contributed by atoms with Gasteiger partial charge in [0.05, 0.1) is 12.3 Å². The number of rotatable bonds is 2. The van der Waals surface area contributed by atoms with Crippen molar-refractivity contribution in [3.63, 3.8) is 0 Å². The molecular weight excluding hydrogens is 192 g/mol. The molecule has 1 aromatic heterocycles. The SMILES string of the molecule is CCOC(=O)c1cc2n(n1)CCCC=C2. The zero-order valence-electron chi connectivity index (χ0n) is 8.77. The molecule has 2 rings (SSSR count). The van der Waals surface area contributed by atoms with E-state index in [0.717, 1.165) is 25.1 Å². The van der Waals surface area contributed by atoms with Crippen molar-refractivity contribution in [2.45, 2.75) is 26.3 Å². The van der Waals surface area contributed by atoms with Gasteiger partial charge < -0.3 is 4.74 Å². The van der Waals surface area contributed by atoms with Crippen LogP contribution in [0.1, 0.15) is 35.9 Å². The summed E-state index contributed by atoms with van der Waals surface area (Å²) in [7, 11) is 0. The van der Waals surface area contributed by atoms with Crippen LogP contribution in [-0.2, 0) is 11.3 Å². The minimum atomic E-state index is -0.341. The number of allylic oxidation sites excluding steroid dienone is 1. The fraction of sp³-hybridized carbons (Fsp3) is 0.455. The van der Waals surface area contributed by atoms with Gasteiger partial charge in [0.1, 0.15) is 0 Å². The first kappa shape index (κ1) is 9.96. The Morgan fingerprint density at radius 2 is 2.53 bits per heavy atom. The van der Waals surface area contributed by atoms with Crippen molar-refractivity contribution in [2.75, 3.05) is 6.61 Å². The number of carbonyl (C=O) groups excluding carboxylic acids is 1. The summed E-state index contributed by atoms with van der Waals surface area (Å²) in [4.78, 5) is 11.4. The molecule has 4 heteroatoms. The van der Waals surface area contributed by atoms with E-state index in [1.54, 1.807) is 13.0 Å². The number of ether oxygens (including phenoxy) is 1. The van der Waals surface area contributed by atoms with Gasteiger partial charge in [-0.15, -0.1) is 0 Å². The first-order chi connectivity index (χ1) is 7.31. The Balaban J connectivity index is 2.25. The molecule has 1 aliphatic rings. The van der Waals surface area contributed by atoms with Crippen LogP contribution in [0.2, 0.25) is 0 Å². The second kappa shape index (κ2) is 4.29. The standard InChI is InChI=1S/C11H14N2O2/c1-2-15-11(14)10-8-9-6-4-3-5-7-13(9)12-10/h4,6,8H,2-3,5,7H2,1H3. The number of nitrogens with zero attached hydrogens (tertiary/aromatic N) is 2. The molecular formula is C11H14N2O2. The van der Waals surface area contributed by atoms with Crippen molar-refractivity contribution in [3.8, 4) is 0 Å². The molecule has 0 atom stereocenters. The summed E-state index contributed by atoms with van der Waals surface area (Å²) < 4.78 is 6.75. The molecule has 0 fully saturated rings. The molecule has 0 unspecified atom stereocenters. The Kier molecular flexibility index (Phi) is 2.85. The van der Waals surface area contributed by atoms with Crippen molar-refractivity contribution in [3.05, 3.63) is 23.5 Å². The molecule has 0 aliphatic carbocycles. The molecule has 4 nitrogen and oxygen atoms in total. The minimum Gasteiger partial charge on any atom is -0.461 e. The fourth-order valence-electron chi connectivity index (χ4n) is 1.61. The summed E-state index contributed by atoms with van der Waals surface area (Å²) in [5, 5.41) is 4.22. The second-order valence-corrected chi connectivity index (χ2v) is 3.44. The largest absolute Gasteiger partial charge is 0.461 e. The van der Waals surface area contributed by atoms with Gasteiger partial charge in [0.25, 0.3) is 0 Å². The van der Waals surface area contributed by atoms with E-state index in [4.69, 9.17) is 4.74 Å². The lowest BCUT2D eigenvalue weighted by atomic mass is 10.3. The average molecular weight is 206 g/mol. The third-order valence-corrected chi connectivity index (χ3v) is 2.32. The lowest BCUT2D eigenvalue weighted by Gasteiger charge is -1.99. The van der Waals surface area contributed by atoms with Crippen LogP contribution in [0.25, 0.3) is 6.08 Å². The summed E-state index contributed by atoms with van der Waals surface area (Å²) >= 11 is 0. The molecule has 0 spiro atoms. The average Bonchev–Trinajstić information content (AvgIpc) is 2.51. The molecule has 1 aromatic rings. The first-order valence-corrected chi connectivity index (χ1v) is 5.23. The highest BCUT2D eigenvalue weighted by Crippen LogP contribution is 2.13. The summed E-state index contributed by atoms with van der Waals surface area (Å²) in [6.45, 7) is 3.04. The molecule has 0 bridgehead atoms. The molecule has 0 saturated heterocycles. The van der Waals surface area contributed by atoms with Crippen molar-refractivity contribution in [2.24, 2.45) is 0 Å². The summed E-state index contributed by atoms with van der Waals surface area (Å²) in [5.41, 5.74) is 1.38. The predicted molar refractivity (Wildman–Crippen MR) is 56.5 cm³/mol. The van der Waals surface area contributed by atoms with Crippen LogP contribution < -0.4 is 0 Å². The molecule has 2 heterocycles. The van der Waals surface area contributed by atoms with Gasteiger partial charge in [0.15, 0.2) is 5.69 Å². The van der Waals surface area contributed by atoms with E-state index in [2.05, 4.69) is 11.2 Å². The van der Waals surface area contributed by atoms with Crippen LogP contribution in [0.4, 0.5) is 0 Å². The van der Waals surface area contributed by atoms with Gasteiger partial charge in [-0.05, 0) is 31.9 Å². The van der Waals surface area contributed by atoms with Crippen LogP contribution in [0.5, 0.6) is 0 Å². The molecule has 1 aliphatic heterocycles. The second-order valence-electron chi connectivity index (χ2n) is 3.44. The van der Waals surface area contributed by atoms with E-state index in [9.17, 15) is 4.79 Å². The highest BCUT2D eigenvalue weighted by Gasteiger charge is 2.14. The van der Waals surface area contributed by atoms with Crippen molar-refractivity contribution in [1.82, 2.24) is 9.78 Å². The molecule has 0 radical (unpaired) electrons. The number of esters is 1. The van der Waals surface area contributed by atoms with Gasteiger partial charge in [0.2, 0.25) is 0 Å². The van der Waals surface area contributed by atoms with E-state index in [0.29, 0.717) is 12.3 Å². The third kappa shape index (κ3) is 2.09. The van der Waals surface area contributed by atoms with Crippen molar-refractivity contribution >= 4 is 12.0 Å². The van der Waals surface area contributed by atoms with E-state index in [1.807, 2.05) is 10.8 Å². The van der Waals surface area contributed by atoms with E-state index < -0.39 is 0 Å². The maximum Gasteiger partial charge on any atom is 0.358 e. The van der Waals surface area contributed by atoms with Crippen LogP contribution in [0.3, 0.4) is 0 Å². The molecule has 0 saturated carbocycles. The summed E-state index contributed by atoms with van der Waals surface area (Å²) in [5.74, 6) is -0.341. The predicted octanol–water partition coefficient (Wildman–Crippen LogP) is 1.87. The van der Waals surface area contributed by atoms with Gasteiger partial charge in [-0.3, -0.25) is 4.68 Å². The molecule has 0 N–H and O–H groups in total. The number of aryl methyl sites for hydroxylation is 1. The Labute approximate surface area is 88.5 Å². The van der Waals surface area contributed by atoms with Crippen LogP contribution in [-0.4, -0.2) is 22.4 Å². The maximum absolute atomic E-state index is 11.4. The lowest BCUT2D eigenvalue weighted by Crippen LogP contribution is -2.07. The third-order valence-electron chi connectivity index (χ3n) is 2.32. The fourth-order valence-corrected chi connectivity index (χ4v) is 1.61. The van der Waals surface area contributed by atoms with Gasteiger partial charge in [0, 0.05) is 6.54 Å². The Morgan fingerprint density at radius 3 is 3.33 bits per heavy atom. The smallest absolute Gasteiger partial charge is 0.358 e. The van der Waals surface area contributed by atoms with Gasteiger partial charge in [-0.2, -0.15) is 5.10 Å². The molecule has 0 amide bonds. The lowest BCUT2D eigenvalue weighted by molar-refractivity contribution is 0.0518. The zero-order valence-corrected chi connectivity index (χ0v) is 8.77. The Morgan fingerprint density at radius 1 is 1.67 bits per heavy atom. The summed E-state index contributed by atoms with van der Waals surface area (Å²) in [6.07, 6.45) is 6.24. The number of fused-ring (bicyclic) bond motifs is 1. The van der Waals surface area contributed by atoms with Crippen LogP contribution in [0.15, 0.2) is 12.1 Å². The topological polar surface area (TPSA) is 44.1 Å².